The third kappa shape index (κ3) is 1.82. The molecule has 3 aromatic rings. The minimum absolute atomic E-state index is 0.178. The number of anilines is 2. The first-order valence-corrected chi connectivity index (χ1v) is 7.20. The minimum atomic E-state index is -0.229. The van der Waals surface area contributed by atoms with Crippen molar-refractivity contribution in [1.29, 1.82) is 0 Å². The van der Waals surface area contributed by atoms with Gasteiger partial charge in [-0.1, -0.05) is 43.0 Å². The molecule has 0 spiro atoms. The summed E-state index contributed by atoms with van der Waals surface area (Å²) in [5.74, 6) is -0.229. The molecule has 3 aromatic carbocycles. The van der Waals surface area contributed by atoms with Crippen molar-refractivity contribution in [3.05, 3.63) is 77.2 Å². The smallest absolute Gasteiger partial charge is 0.265 e. The topological polar surface area (TPSA) is 49.7 Å². The van der Waals surface area contributed by atoms with Crippen molar-refractivity contribution in [2.45, 2.75) is 0 Å². The fourth-order valence-electron chi connectivity index (χ4n) is 3.10. The van der Waals surface area contributed by atoms with Crippen LogP contribution in [0.5, 0.6) is 0 Å². The van der Waals surface area contributed by atoms with Crippen LogP contribution in [-0.4, -0.2) is 5.91 Å². The van der Waals surface area contributed by atoms with Crippen molar-refractivity contribution in [2.24, 2.45) is 5.18 Å². The van der Waals surface area contributed by atoms with E-state index < -0.39 is 0 Å². The lowest BCUT2D eigenvalue weighted by Crippen LogP contribution is -2.20. The van der Waals surface area contributed by atoms with Gasteiger partial charge in [-0.2, -0.15) is 0 Å². The molecule has 1 heterocycles. The van der Waals surface area contributed by atoms with Crippen LogP contribution in [0.4, 0.5) is 17.1 Å². The zero-order valence-electron chi connectivity index (χ0n) is 12.2. The third-order valence-corrected chi connectivity index (χ3v) is 4.12. The highest BCUT2D eigenvalue weighted by atomic mass is 16.3. The molecule has 0 saturated heterocycles. The summed E-state index contributed by atoms with van der Waals surface area (Å²) in [5, 5.41) is 4.72. The number of carbonyl (C=O) groups is 1. The lowest BCUT2D eigenvalue weighted by atomic mass is 10.0. The number of carbonyl (C=O) groups excluding carboxylic acids is 1. The Bertz CT molecular complexity index is 992. The monoisotopic (exact) mass is 300 g/mol. The molecule has 4 nitrogen and oxygen atoms in total. The van der Waals surface area contributed by atoms with Crippen molar-refractivity contribution in [1.82, 2.24) is 0 Å². The van der Waals surface area contributed by atoms with Crippen LogP contribution in [0, 0.1) is 4.91 Å². The van der Waals surface area contributed by atoms with E-state index in [1.807, 2.05) is 48.5 Å². The van der Waals surface area contributed by atoms with Crippen molar-refractivity contribution in [2.75, 3.05) is 4.90 Å². The van der Waals surface area contributed by atoms with Crippen LogP contribution < -0.4 is 4.90 Å². The average molecular weight is 300 g/mol. The number of hydrogen-bond donors (Lipinski definition) is 0. The Kier molecular flexibility index (Phi) is 2.84. The Morgan fingerprint density at radius 1 is 1.04 bits per heavy atom. The Morgan fingerprint density at radius 3 is 2.65 bits per heavy atom. The lowest BCUT2D eigenvalue weighted by Gasteiger charge is -2.18. The molecule has 4 rings (SSSR count). The van der Waals surface area contributed by atoms with Crippen molar-refractivity contribution in [3.8, 4) is 0 Å². The van der Waals surface area contributed by atoms with Gasteiger partial charge in [0, 0.05) is 11.1 Å². The zero-order chi connectivity index (χ0) is 16.0. The second kappa shape index (κ2) is 4.88. The van der Waals surface area contributed by atoms with Crippen LogP contribution in [0.3, 0.4) is 0 Å². The molecular weight excluding hydrogens is 288 g/mol. The van der Waals surface area contributed by atoms with Gasteiger partial charge in [-0.05, 0) is 40.4 Å². The van der Waals surface area contributed by atoms with E-state index in [9.17, 15) is 9.70 Å². The molecule has 23 heavy (non-hydrogen) atoms. The van der Waals surface area contributed by atoms with Crippen LogP contribution in [0.15, 0.2) is 66.4 Å². The second-order valence-electron chi connectivity index (χ2n) is 5.37. The summed E-state index contributed by atoms with van der Waals surface area (Å²) in [6, 6.07) is 16.7. The molecule has 1 aliphatic heterocycles. The highest BCUT2D eigenvalue weighted by molar-refractivity contribution is 6.30. The van der Waals surface area contributed by atoms with E-state index in [0.29, 0.717) is 5.56 Å². The normalized spacial score (nSPS) is 12.7. The molecule has 0 aliphatic carbocycles. The van der Waals surface area contributed by atoms with Gasteiger partial charge >= 0.3 is 0 Å². The number of nitrogens with zero attached hydrogens (tertiary/aromatic N) is 2. The Balaban J connectivity index is 2.02. The van der Waals surface area contributed by atoms with Gasteiger partial charge < -0.3 is 0 Å². The first-order valence-electron chi connectivity index (χ1n) is 7.20. The molecule has 0 atom stereocenters. The molecule has 0 saturated carbocycles. The number of nitroso groups, excluding NO2 is 1. The summed E-state index contributed by atoms with van der Waals surface area (Å²) in [6.07, 6.45) is 1.73. The summed E-state index contributed by atoms with van der Waals surface area (Å²) >= 11 is 0. The first-order chi connectivity index (χ1) is 11.2. The minimum Gasteiger partial charge on any atom is -0.276 e. The molecule has 1 aliphatic rings. The van der Waals surface area contributed by atoms with E-state index in [0.717, 1.165) is 27.7 Å². The number of hydrogen-bond acceptors (Lipinski definition) is 3. The maximum atomic E-state index is 13.0. The van der Waals surface area contributed by atoms with Crippen LogP contribution >= 0.6 is 0 Å². The highest BCUT2D eigenvalue weighted by Gasteiger charge is 2.33. The molecule has 0 fully saturated rings. The van der Waals surface area contributed by atoms with E-state index in [1.54, 1.807) is 17.0 Å². The Morgan fingerprint density at radius 2 is 1.87 bits per heavy atom. The summed E-state index contributed by atoms with van der Waals surface area (Å²) < 4.78 is 0. The van der Waals surface area contributed by atoms with Crippen molar-refractivity contribution < 1.29 is 4.79 Å². The Labute approximate surface area is 132 Å². The molecule has 1 amide bonds. The Hall–Kier alpha value is -3.27. The predicted molar refractivity (Wildman–Crippen MR) is 92.4 cm³/mol. The van der Waals surface area contributed by atoms with E-state index >= 15 is 0 Å². The summed E-state index contributed by atoms with van der Waals surface area (Å²) in [5.41, 5.74) is 2.99. The van der Waals surface area contributed by atoms with E-state index in [-0.39, 0.29) is 11.6 Å². The van der Waals surface area contributed by atoms with Gasteiger partial charge in [0.2, 0.25) is 0 Å². The van der Waals surface area contributed by atoms with Gasteiger partial charge in [0.1, 0.15) is 5.69 Å². The standard InChI is InChI=1S/C19H12N2O2/c1-2-12-5-3-7-14(11-12)21-16-8-4-6-13-9-10-15(20-23)18(17(13)16)19(21)22/h2-11H,1H2. The van der Waals surface area contributed by atoms with Crippen molar-refractivity contribution >= 4 is 39.8 Å². The first kappa shape index (κ1) is 13.4. The van der Waals surface area contributed by atoms with Crippen LogP contribution in [0.1, 0.15) is 15.9 Å². The maximum Gasteiger partial charge on any atom is 0.265 e. The van der Waals surface area contributed by atoms with E-state index in [4.69, 9.17) is 0 Å². The van der Waals surface area contributed by atoms with Crippen molar-refractivity contribution in [3.63, 3.8) is 0 Å². The number of rotatable bonds is 3. The van der Waals surface area contributed by atoms with Crippen LogP contribution in [-0.2, 0) is 0 Å². The number of benzene rings is 3. The molecule has 0 N–H and O–H groups in total. The van der Waals surface area contributed by atoms with Crippen LogP contribution in [0.25, 0.3) is 16.8 Å². The highest BCUT2D eigenvalue weighted by Crippen LogP contribution is 2.45. The molecule has 0 unspecified atom stereocenters. The van der Waals surface area contributed by atoms with Crippen LogP contribution in [0.2, 0.25) is 0 Å². The molecule has 0 radical (unpaired) electrons. The van der Waals surface area contributed by atoms with Gasteiger partial charge in [-0.15, -0.1) is 4.91 Å². The summed E-state index contributed by atoms with van der Waals surface area (Å²) in [4.78, 5) is 25.7. The average Bonchev–Trinajstić information content (AvgIpc) is 2.90. The third-order valence-electron chi connectivity index (χ3n) is 4.12. The van der Waals surface area contributed by atoms with E-state index in [2.05, 4.69) is 11.8 Å². The molecular formula is C19H12N2O2. The van der Waals surface area contributed by atoms with Gasteiger partial charge in [-0.25, -0.2) is 0 Å². The quantitative estimate of drug-likeness (QED) is 0.626. The molecule has 0 bridgehead atoms. The van der Waals surface area contributed by atoms with E-state index in [1.165, 1.54) is 0 Å². The van der Waals surface area contributed by atoms with Gasteiger partial charge in [0.05, 0.1) is 11.3 Å². The fourth-order valence-corrected chi connectivity index (χ4v) is 3.10. The molecule has 110 valence electrons. The molecule has 0 aromatic heterocycles. The number of amides is 1. The largest absolute Gasteiger partial charge is 0.276 e. The lowest BCUT2D eigenvalue weighted by molar-refractivity contribution is 0.101. The van der Waals surface area contributed by atoms with Gasteiger partial charge in [0.15, 0.2) is 0 Å². The van der Waals surface area contributed by atoms with Gasteiger partial charge in [0.25, 0.3) is 5.91 Å². The van der Waals surface area contributed by atoms with Gasteiger partial charge in [-0.3, -0.25) is 9.69 Å². The fraction of sp³-hybridized carbons (Fsp3) is 0. The summed E-state index contributed by atoms with van der Waals surface area (Å²) in [6.45, 7) is 3.76. The SMILES string of the molecule is C=Cc1cccc(N2C(=O)c3c(N=O)ccc4cccc2c34)c1. The summed E-state index contributed by atoms with van der Waals surface area (Å²) in [7, 11) is 0. The second-order valence-corrected chi connectivity index (χ2v) is 5.37. The molecule has 4 heteroatoms. The zero-order valence-corrected chi connectivity index (χ0v) is 12.2. The predicted octanol–water partition coefficient (Wildman–Crippen LogP) is 5.17. The maximum absolute atomic E-state index is 13.0.